The summed E-state index contributed by atoms with van der Waals surface area (Å²) in [6.45, 7) is 8.27. The van der Waals surface area contributed by atoms with Crippen molar-refractivity contribution in [1.29, 1.82) is 0 Å². The maximum absolute atomic E-state index is 3.92. The van der Waals surface area contributed by atoms with Crippen molar-refractivity contribution in [3.63, 3.8) is 0 Å². The minimum atomic E-state index is 0.667. The van der Waals surface area contributed by atoms with Crippen LogP contribution in [0.3, 0.4) is 0 Å². The standard InChI is InChI=1S/C9H14/c1-7(2)9-5-4-8(3)6-9/h4-5,8-9H,1,6H2,2-3H3. The maximum Gasteiger partial charge on any atom is -0.00231 e. The molecule has 1 aliphatic carbocycles. The van der Waals surface area contributed by atoms with Gasteiger partial charge in [0, 0.05) is 0 Å². The minimum absolute atomic E-state index is 0.667. The van der Waals surface area contributed by atoms with Crippen molar-refractivity contribution in [2.45, 2.75) is 20.3 Å². The summed E-state index contributed by atoms with van der Waals surface area (Å²) < 4.78 is 0. The summed E-state index contributed by atoms with van der Waals surface area (Å²) in [5.41, 5.74) is 1.30. The summed E-state index contributed by atoms with van der Waals surface area (Å²) in [5.74, 6) is 1.44. The third kappa shape index (κ3) is 1.44. The molecule has 0 radical (unpaired) electrons. The lowest BCUT2D eigenvalue weighted by molar-refractivity contribution is 0.609. The highest BCUT2D eigenvalue weighted by Crippen LogP contribution is 2.27. The zero-order chi connectivity index (χ0) is 6.85. The van der Waals surface area contributed by atoms with E-state index in [1.807, 2.05) is 0 Å². The molecule has 0 saturated heterocycles. The van der Waals surface area contributed by atoms with E-state index in [1.165, 1.54) is 12.0 Å². The average Bonchev–Trinajstić information content (AvgIpc) is 2.14. The SMILES string of the molecule is C=C(C)C1C=CC(C)C1. The van der Waals surface area contributed by atoms with Gasteiger partial charge in [-0.25, -0.2) is 0 Å². The number of hydrogen-bond acceptors (Lipinski definition) is 0. The van der Waals surface area contributed by atoms with Gasteiger partial charge in [0.05, 0.1) is 0 Å². The van der Waals surface area contributed by atoms with Crippen LogP contribution in [-0.2, 0) is 0 Å². The van der Waals surface area contributed by atoms with Crippen molar-refractivity contribution in [3.8, 4) is 0 Å². The number of rotatable bonds is 1. The van der Waals surface area contributed by atoms with Gasteiger partial charge < -0.3 is 0 Å². The molecule has 0 aromatic rings. The molecule has 0 aromatic carbocycles. The van der Waals surface area contributed by atoms with Gasteiger partial charge in [-0.15, -0.1) is 0 Å². The highest BCUT2D eigenvalue weighted by Gasteiger charge is 2.14. The average molecular weight is 122 g/mol. The molecule has 0 aromatic heterocycles. The molecule has 0 bridgehead atoms. The highest BCUT2D eigenvalue weighted by atomic mass is 14.2. The zero-order valence-electron chi connectivity index (χ0n) is 6.22. The molecule has 0 fully saturated rings. The fourth-order valence-electron chi connectivity index (χ4n) is 1.25. The van der Waals surface area contributed by atoms with E-state index in [0.717, 1.165) is 5.92 Å². The molecular weight excluding hydrogens is 108 g/mol. The Hall–Kier alpha value is -0.520. The first-order valence-electron chi connectivity index (χ1n) is 3.54. The summed E-state index contributed by atoms with van der Waals surface area (Å²) in [6, 6.07) is 0. The molecule has 9 heavy (non-hydrogen) atoms. The van der Waals surface area contributed by atoms with E-state index in [-0.39, 0.29) is 0 Å². The van der Waals surface area contributed by atoms with Gasteiger partial charge in [0.2, 0.25) is 0 Å². The fourth-order valence-corrected chi connectivity index (χ4v) is 1.25. The van der Waals surface area contributed by atoms with E-state index in [9.17, 15) is 0 Å². The second-order valence-corrected chi connectivity index (χ2v) is 3.05. The Balaban J connectivity index is 2.50. The summed E-state index contributed by atoms with van der Waals surface area (Å²) in [7, 11) is 0. The van der Waals surface area contributed by atoms with Crippen LogP contribution in [0, 0.1) is 11.8 Å². The Morgan fingerprint density at radius 1 is 1.56 bits per heavy atom. The highest BCUT2D eigenvalue weighted by molar-refractivity contribution is 5.13. The van der Waals surface area contributed by atoms with Crippen LogP contribution in [0.15, 0.2) is 24.3 Å². The van der Waals surface area contributed by atoms with Crippen LogP contribution < -0.4 is 0 Å². The molecule has 1 aliphatic rings. The fraction of sp³-hybridized carbons (Fsp3) is 0.556. The van der Waals surface area contributed by atoms with E-state index in [0.29, 0.717) is 5.92 Å². The third-order valence-electron chi connectivity index (χ3n) is 1.93. The quantitative estimate of drug-likeness (QED) is 0.469. The second-order valence-electron chi connectivity index (χ2n) is 3.05. The molecule has 2 atom stereocenters. The van der Waals surface area contributed by atoms with E-state index >= 15 is 0 Å². The van der Waals surface area contributed by atoms with E-state index in [2.05, 4.69) is 32.6 Å². The van der Waals surface area contributed by atoms with Gasteiger partial charge >= 0.3 is 0 Å². The van der Waals surface area contributed by atoms with Crippen molar-refractivity contribution in [3.05, 3.63) is 24.3 Å². The molecule has 0 nitrogen and oxygen atoms in total. The van der Waals surface area contributed by atoms with Crippen LogP contribution in [0.2, 0.25) is 0 Å². The van der Waals surface area contributed by atoms with Crippen LogP contribution in [-0.4, -0.2) is 0 Å². The summed E-state index contributed by atoms with van der Waals surface area (Å²) in [6.07, 6.45) is 5.82. The van der Waals surface area contributed by atoms with E-state index < -0.39 is 0 Å². The molecule has 0 heteroatoms. The number of allylic oxidation sites excluding steroid dienone is 3. The van der Waals surface area contributed by atoms with Crippen molar-refractivity contribution < 1.29 is 0 Å². The van der Waals surface area contributed by atoms with Crippen LogP contribution in [0.1, 0.15) is 20.3 Å². The largest absolute Gasteiger partial charge is 0.0995 e. The van der Waals surface area contributed by atoms with Crippen LogP contribution in [0.5, 0.6) is 0 Å². The molecule has 0 aliphatic heterocycles. The minimum Gasteiger partial charge on any atom is -0.0995 e. The van der Waals surface area contributed by atoms with E-state index in [1.54, 1.807) is 0 Å². The predicted molar refractivity (Wildman–Crippen MR) is 41.2 cm³/mol. The molecule has 50 valence electrons. The molecule has 1 rings (SSSR count). The lowest BCUT2D eigenvalue weighted by Gasteiger charge is -2.06. The normalized spacial score (nSPS) is 33.1. The van der Waals surface area contributed by atoms with Crippen molar-refractivity contribution in [2.24, 2.45) is 11.8 Å². The summed E-state index contributed by atoms with van der Waals surface area (Å²) in [5, 5.41) is 0. The first kappa shape index (κ1) is 6.60. The lowest BCUT2D eigenvalue weighted by Crippen LogP contribution is -1.94. The topological polar surface area (TPSA) is 0 Å². The van der Waals surface area contributed by atoms with Gasteiger partial charge in [0.1, 0.15) is 0 Å². The lowest BCUT2D eigenvalue weighted by atomic mass is 9.99. The number of hydrogen-bond donors (Lipinski definition) is 0. The molecule has 0 N–H and O–H groups in total. The third-order valence-corrected chi connectivity index (χ3v) is 1.93. The Kier molecular flexibility index (Phi) is 1.75. The van der Waals surface area contributed by atoms with Gasteiger partial charge in [-0.05, 0) is 25.2 Å². The van der Waals surface area contributed by atoms with Crippen molar-refractivity contribution >= 4 is 0 Å². The van der Waals surface area contributed by atoms with Gasteiger partial charge in [0.25, 0.3) is 0 Å². The van der Waals surface area contributed by atoms with Gasteiger partial charge in [-0.2, -0.15) is 0 Å². The van der Waals surface area contributed by atoms with Crippen LogP contribution in [0.4, 0.5) is 0 Å². The van der Waals surface area contributed by atoms with Crippen LogP contribution >= 0.6 is 0 Å². The van der Waals surface area contributed by atoms with Crippen molar-refractivity contribution in [1.82, 2.24) is 0 Å². The summed E-state index contributed by atoms with van der Waals surface area (Å²) >= 11 is 0. The second kappa shape index (κ2) is 2.38. The molecule has 0 spiro atoms. The Morgan fingerprint density at radius 3 is 2.44 bits per heavy atom. The van der Waals surface area contributed by atoms with Gasteiger partial charge in [0.15, 0.2) is 0 Å². The van der Waals surface area contributed by atoms with Crippen molar-refractivity contribution in [2.75, 3.05) is 0 Å². The zero-order valence-corrected chi connectivity index (χ0v) is 6.22. The predicted octanol–water partition coefficient (Wildman–Crippen LogP) is 2.77. The monoisotopic (exact) mass is 122 g/mol. The molecule has 0 saturated carbocycles. The van der Waals surface area contributed by atoms with E-state index in [4.69, 9.17) is 0 Å². The Bertz CT molecular complexity index is 142. The Morgan fingerprint density at radius 2 is 2.22 bits per heavy atom. The maximum atomic E-state index is 3.92. The smallest absolute Gasteiger partial charge is 0.00231 e. The van der Waals surface area contributed by atoms with Gasteiger partial charge in [-0.1, -0.05) is 31.2 Å². The van der Waals surface area contributed by atoms with Gasteiger partial charge in [-0.3, -0.25) is 0 Å². The molecule has 0 amide bonds. The Labute approximate surface area is 57.3 Å². The summed E-state index contributed by atoms with van der Waals surface area (Å²) in [4.78, 5) is 0. The first-order chi connectivity index (χ1) is 4.20. The molecule has 0 heterocycles. The van der Waals surface area contributed by atoms with Crippen LogP contribution in [0.25, 0.3) is 0 Å². The molecular formula is C9H14. The molecule has 2 unspecified atom stereocenters. The first-order valence-corrected chi connectivity index (χ1v) is 3.54.